The Morgan fingerprint density at radius 1 is 1.43 bits per heavy atom. The van der Waals surface area contributed by atoms with E-state index in [2.05, 4.69) is 25.4 Å². The quantitative estimate of drug-likeness (QED) is 0.683. The molecule has 0 bridgehead atoms. The lowest BCUT2D eigenvalue weighted by atomic mass is 10.1. The minimum absolute atomic E-state index is 0.269. The lowest BCUT2D eigenvalue weighted by Gasteiger charge is -2.25. The Kier molecular flexibility index (Phi) is 5.28. The summed E-state index contributed by atoms with van der Waals surface area (Å²) in [5.74, 6) is 0.978. The third-order valence-corrected chi connectivity index (χ3v) is 4.13. The summed E-state index contributed by atoms with van der Waals surface area (Å²) in [5.41, 5.74) is 0. The summed E-state index contributed by atoms with van der Waals surface area (Å²) in [4.78, 5) is 0. The van der Waals surface area contributed by atoms with E-state index in [0.29, 0.717) is 17.3 Å². The van der Waals surface area contributed by atoms with Crippen molar-refractivity contribution in [3.05, 3.63) is 0 Å². The molecule has 2 N–H and O–H groups in total. The molecule has 3 unspecified atom stereocenters. The van der Waals surface area contributed by atoms with Crippen LogP contribution in [0.1, 0.15) is 33.1 Å². The van der Waals surface area contributed by atoms with Crippen LogP contribution in [0.5, 0.6) is 0 Å². The van der Waals surface area contributed by atoms with Crippen molar-refractivity contribution in [2.75, 3.05) is 12.9 Å². The lowest BCUT2D eigenvalue weighted by molar-refractivity contribution is 0.269. The van der Waals surface area contributed by atoms with Crippen LogP contribution >= 0.6 is 11.8 Å². The fourth-order valence-electron chi connectivity index (χ4n) is 1.91. The third kappa shape index (κ3) is 4.20. The SMILES string of the molecule is CSC(CO)C(C)NC(C)CC1CC1. The van der Waals surface area contributed by atoms with Crippen molar-refractivity contribution in [3.8, 4) is 0 Å². The molecule has 0 heterocycles. The predicted octanol–water partition coefficient (Wildman–Crippen LogP) is 1.88. The second-order valence-corrected chi connectivity index (χ2v) is 5.57. The maximum Gasteiger partial charge on any atom is 0.0564 e. The Hall–Kier alpha value is 0.270. The van der Waals surface area contributed by atoms with E-state index in [1.807, 2.05) is 0 Å². The van der Waals surface area contributed by atoms with Crippen molar-refractivity contribution in [2.45, 2.75) is 50.4 Å². The highest BCUT2D eigenvalue weighted by atomic mass is 32.2. The fourth-order valence-corrected chi connectivity index (χ4v) is 2.55. The molecule has 1 aliphatic carbocycles. The molecule has 1 aliphatic rings. The van der Waals surface area contributed by atoms with E-state index in [9.17, 15) is 0 Å². The molecule has 0 amide bonds. The van der Waals surface area contributed by atoms with E-state index in [0.717, 1.165) is 5.92 Å². The molecule has 0 aliphatic heterocycles. The van der Waals surface area contributed by atoms with E-state index < -0.39 is 0 Å². The molecular weight excluding hydrogens is 194 g/mol. The van der Waals surface area contributed by atoms with Gasteiger partial charge in [0.1, 0.15) is 0 Å². The average Bonchev–Trinajstić information content (AvgIpc) is 2.90. The number of aliphatic hydroxyl groups is 1. The molecule has 1 saturated carbocycles. The maximum absolute atomic E-state index is 9.14. The zero-order chi connectivity index (χ0) is 10.6. The van der Waals surface area contributed by atoms with Crippen LogP contribution in [-0.2, 0) is 0 Å². The summed E-state index contributed by atoms with van der Waals surface area (Å²) in [6.07, 6.45) is 6.21. The molecule has 0 radical (unpaired) electrons. The van der Waals surface area contributed by atoms with Gasteiger partial charge in [-0.15, -0.1) is 0 Å². The van der Waals surface area contributed by atoms with Gasteiger partial charge in [-0.1, -0.05) is 12.8 Å². The highest BCUT2D eigenvalue weighted by Crippen LogP contribution is 2.33. The molecule has 3 atom stereocenters. The number of hydrogen-bond acceptors (Lipinski definition) is 3. The number of aliphatic hydroxyl groups excluding tert-OH is 1. The van der Waals surface area contributed by atoms with Gasteiger partial charge in [0.05, 0.1) is 6.61 Å². The van der Waals surface area contributed by atoms with Crippen LogP contribution in [0.3, 0.4) is 0 Å². The highest BCUT2D eigenvalue weighted by Gasteiger charge is 2.25. The monoisotopic (exact) mass is 217 g/mol. The Bertz CT molecular complexity index is 157. The second-order valence-electron chi connectivity index (χ2n) is 4.49. The molecule has 0 spiro atoms. The van der Waals surface area contributed by atoms with E-state index in [4.69, 9.17) is 5.11 Å². The molecule has 1 fully saturated rings. The first-order valence-corrected chi connectivity index (χ1v) is 6.85. The molecule has 3 heteroatoms. The summed E-state index contributed by atoms with van der Waals surface area (Å²) < 4.78 is 0. The molecule has 0 aromatic heterocycles. The van der Waals surface area contributed by atoms with Gasteiger partial charge in [-0.3, -0.25) is 0 Å². The standard InChI is InChI=1S/C11H23NOS/c1-8(6-10-4-5-10)12-9(2)11(7-13)14-3/h8-13H,4-7H2,1-3H3. The lowest BCUT2D eigenvalue weighted by Crippen LogP contribution is -2.42. The number of thioether (sulfide) groups is 1. The Morgan fingerprint density at radius 3 is 2.50 bits per heavy atom. The minimum atomic E-state index is 0.269. The number of nitrogens with one attached hydrogen (secondary N) is 1. The first kappa shape index (κ1) is 12.3. The molecule has 84 valence electrons. The Labute approximate surface area is 91.9 Å². The zero-order valence-electron chi connectivity index (χ0n) is 9.49. The van der Waals surface area contributed by atoms with E-state index >= 15 is 0 Å². The Balaban J connectivity index is 2.18. The summed E-state index contributed by atoms with van der Waals surface area (Å²) >= 11 is 1.74. The van der Waals surface area contributed by atoms with Crippen LogP contribution in [-0.4, -0.2) is 35.3 Å². The topological polar surface area (TPSA) is 32.3 Å². The van der Waals surface area contributed by atoms with Gasteiger partial charge in [0.25, 0.3) is 0 Å². The summed E-state index contributed by atoms with van der Waals surface area (Å²) in [6, 6.07) is 1.00. The number of rotatable bonds is 7. The van der Waals surface area contributed by atoms with Crippen molar-refractivity contribution < 1.29 is 5.11 Å². The molecule has 1 rings (SSSR count). The van der Waals surface area contributed by atoms with Crippen molar-refractivity contribution in [1.29, 1.82) is 0 Å². The summed E-state index contributed by atoms with van der Waals surface area (Å²) in [5, 5.41) is 13.0. The van der Waals surface area contributed by atoms with Gasteiger partial charge in [-0.05, 0) is 32.4 Å². The fraction of sp³-hybridized carbons (Fsp3) is 1.00. The van der Waals surface area contributed by atoms with Crippen LogP contribution in [0.25, 0.3) is 0 Å². The van der Waals surface area contributed by atoms with Gasteiger partial charge in [0.15, 0.2) is 0 Å². The summed E-state index contributed by atoms with van der Waals surface area (Å²) in [7, 11) is 0. The first-order valence-electron chi connectivity index (χ1n) is 5.57. The smallest absolute Gasteiger partial charge is 0.0564 e. The largest absolute Gasteiger partial charge is 0.395 e. The van der Waals surface area contributed by atoms with Crippen LogP contribution in [0.15, 0.2) is 0 Å². The van der Waals surface area contributed by atoms with E-state index in [-0.39, 0.29) is 6.61 Å². The van der Waals surface area contributed by atoms with Gasteiger partial charge in [0.2, 0.25) is 0 Å². The van der Waals surface area contributed by atoms with Crippen molar-refractivity contribution in [1.82, 2.24) is 5.32 Å². The normalized spacial score (nSPS) is 23.1. The van der Waals surface area contributed by atoms with Gasteiger partial charge < -0.3 is 10.4 Å². The van der Waals surface area contributed by atoms with Crippen LogP contribution < -0.4 is 5.32 Å². The second kappa shape index (κ2) is 5.99. The van der Waals surface area contributed by atoms with Gasteiger partial charge in [-0.2, -0.15) is 11.8 Å². The molecule has 0 aromatic carbocycles. The molecule has 14 heavy (non-hydrogen) atoms. The number of hydrogen-bond donors (Lipinski definition) is 2. The van der Waals surface area contributed by atoms with Crippen LogP contribution in [0.2, 0.25) is 0 Å². The minimum Gasteiger partial charge on any atom is -0.395 e. The molecule has 0 saturated heterocycles. The van der Waals surface area contributed by atoms with Crippen LogP contribution in [0.4, 0.5) is 0 Å². The average molecular weight is 217 g/mol. The van der Waals surface area contributed by atoms with Crippen molar-refractivity contribution in [3.63, 3.8) is 0 Å². The summed E-state index contributed by atoms with van der Waals surface area (Å²) in [6.45, 7) is 4.69. The van der Waals surface area contributed by atoms with Crippen molar-refractivity contribution in [2.24, 2.45) is 5.92 Å². The first-order chi connectivity index (χ1) is 6.67. The highest BCUT2D eigenvalue weighted by molar-refractivity contribution is 7.99. The van der Waals surface area contributed by atoms with Crippen LogP contribution in [0, 0.1) is 5.92 Å². The van der Waals surface area contributed by atoms with Gasteiger partial charge in [-0.25, -0.2) is 0 Å². The molecule has 0 aromatic rings. The Morgan fingerprint density at radius 2 is 2.07 bits per heavy atom. The zero-order valence-corrected chi connectivity index (χ0v) is 10.3. The predicted molar refractivity (Wildman–Crippen MR) is 63.8 cm³/mol. The van der Waals surface area contributed by atoms with Gasteiger partial charge >= 0.3 is 0 Å². The molecular formula is C11H23NOS. The molecule has 2 nitrogen and oxygen atoms in total. The van der Waals surface area contributed by atoms with E-state index in [1.54, 1.807) is 11.8 Å². The van der Waals surface area contributed by atoms with E-state index in [1.165, 1.54) is 19.3 Å². The van der Waals surface area contributed by atoms with Crippen molar-refractivity contribution >= 4 is 11.8 Å². The van der Waals surface area contributed by atoms with Gasteiger partial charge in [0, 0.05) is 17.3 Å². The maximum atomic E-state index is 9.14. The third-order valence-electron chi connectivity index (χ3n) is 2.97.